The average Bonchev–Trinajstić information content (AvgIpc) is 2.45. The summed E-state index contributed by atoms with van der Waals surface area (Å²) in [5, 5.41) is 11.4. The lowest BCUT2D eigenvalue weighted by Gasteiger charge is -2.46. The Hall–Kier alpha value is -0.820. The topological polar surface area (TPSA) is 20.2 Å². The first-order valence-electron chi connectivity index (χ1n) is 7.11. The van der Waals surface area contributed by atoms with Gasteiger partial charge in [0.15, 0.2) is 0 Å². The minimum absolute atomic E-state index is 0.178. The molecule has 100 valence electrons. The summed E-state index contributed by atoms with van der Waals surface area (Å²) in [5.41, 5.74) is 1.62. The highest BCUT2D eigenvalue weighted by atomic mass is 16.3. The molecule has 1 heteroatoms. The van der Waals surface area contributed by atoms with Crippen molar-refractivity contribution in [3.05, 3.63) is 35.4 Å². The minimum atomic E-state index is -0.653. The van der Waals surface area contributed by atoms with Gasteiger partial charge in [0, 0.05) is 10.8 Å². The van der Waals surface area contributed by atoms with E-state index < -0.39 is 5.60 Å². The summed E-state index contributed by atoms with van der Waals surface area (Å²) in [7, 11) is 0. The van der Waals surface area contributed by atoms with Gasteiger partial charge < -0.3 is 5.11 Å². The van der Waals surface area contributed by atoms with Gasteiger partial charge in [-0.2, -0.15) is 0 Å². The second kappa shape index (κ2) is 4.09. The largest absolute Gasteiger partial charge is 0.388 e. The van der Waals surface area contributed by atoms with Gasteiger partial charge in [-0.3, -0.25) is 0 Å². The minimum Gasteiger partial charge on any atom is -0.388 e. The molecular weight excluding hydrogens is 220 g/mol. The maximum absolute atomic E-state index is 11.4. The van der Waals surface area contributed by atoms with Crippen molar-refractivity contribution in [3.8, 4) is 0 Å². The van der Waals surface area contributed by atoms with Gasteiger partial charge in [0.1, 0.15) is 0 Å². The molecule has 18 heavy (non-hydrogen) atoms. The number of rotatable bonds is 3. The van der Waals surface area contributed by atoms with Crippen LogP contribution in [0.5, 0.6) is 0 Å². The van der Waals surface area contributed by atoms with E-state index in [1.165, 1.54) is 11.1 Å². The summed E-state index contributed by atoms with van der Waals surface area (Å²) in [6, 6.07) is 8.53. The van der Waals surface area contributed by atoms with Gasteiger partial charge in [0.25, 0.3) is 0 Å². The lowest BCUT2D eigenvalue weighted by Crippen LogP contribution is -2.54. The smallest absolute Gasteiger partial charge is 0.0829 e. The van der Waals surface area contributed by atoms with Crippen molar-refractivity contribution in [3.63, 3.8) is 0 Å². The third-order valence-electron chi connectivity index (χ3n) is 5.23. The van der Waals surface area contributed by atoms with Crippen molar-refractivity contribution in [1.82, 2.24) is 0 Å². The zero-order chi connectivity index (χ0) is 13.6. The van der Waals surface area contributed by atoms with Crippen LogP contribution in [0.25, 0.3) is 0 Å². The summed E-state index contributed by atoms with van der Waals surface area (Å²) in [6.45, 7) is 10.9. The van der Waals surface area contributed by atoms with E-state index in [1.807, 2.05) is 0 Å². The van der Waals surface area contributed by atoms with Gasteiger partial charge in [-0.15, -0.1) is 0 Å². The van der Waals surface area contributed by atoms with Gasteiger partial charge in [-0.25, -0.2) is 0 Å². The van der Waals surface area contributed by atoms with E-state index >= 15 is 0 Å². The molecule has 0 atom stereocenters. The van der Waals surface area contributed by atoms with Gasteiger partial charge in [0.2, 0.25) is 0 Å². The molecule has 0 heterocycles. The van der Waals surface area contributed by atoms with Crippen molar-refractivity contribution >= 4 is 0 Å². The third-order valence-corrected chi connectivity index (χ3v) is 5.23. The quantitative estimate of drug-likeness (QED) is 0.848. The number of hydrogen-bond donors (Lipinski definition) is 1. The Morgan fingerprint density at radius 3 is 1.78 bits per heavy atom. The summed E-state index contributed by atoms with van der Waals surface area (Å²) in [5.74, 6) is 0. The van der Waals surface area contributed by atoms with Crippen molar-refractivity contribution in [1.29, 1.82) is 0 Å². The fourth-order valence-corrected chi connectivity index (χ4v) is 3.86. The van der Waals surface area contributed by atoms with Crippen LogP contribution in [0, 0.1) is 0 Å². The zero-order valence-corrected chi connectivity index (χ0v) is 12.4. The number of fused-ring (bicyclic) bond motifs is 1. The summed E-state index contributed by atoms with van der Waals surface area (Å²) < 4.78 is 0. The highest BCUT2D eigenvalue weighted by molar-refractivity contribution is 5.50. The number of benzene rings is 1. The van der Waals surface area contributed by atoms with E-state index in [2.05, 4.69) is 58.9 Å². The molecule has 1 nitrogen and oxygen atoms in total. The van der Waals surface area contributed by atoms with Gasteiger partial charge in [0.05, 0.1) is 5.60 Å². The molecule has 1 aromatic rings. The molecule has 0 fully saturated rings. The maximum Gasteiger partial charge on any atom is 0.0829 e. The van der Waals surface area contributed by atoms with Gasteiger partial charge in [-0.1, -0.05) is 71.7 Å². The molecule has 0 unspecified atom stereocenters. The summed E-state index contributed by atoms with van der Waals surface area (Å²) in [4.78, 5) is 0. The zero-order valence-electron chi connectivity index (χ0n) is 12.4. The molecule has 2 rings (SSSR count). The lowest BCUT2D eigenvalue weighted by molar-refractivity contribution is -0.0747. The Morgan fingerprint density at radius 1 is 0.944 bits per heavy atom. The Morgan fingerprint density at radius 2 is 1.39 bits per heavy atom. The highest BCUT2D eigenvalue weighted by Gasteiger charge is 2.60. The van der Waals surface area contributed by atoms with Crippen molar-refractivity contribution < 1.29 is 5.11 Å². The van der Waals surface area contributed by atoms with Crippen molar-refractivity contribution in [2.45, 2.75) is 70.3 Å². The van der Waals surface area contributed by atoms with E-state index in [4.69, 9.17) is 0 Å². The SMILES string of the molecule is CCCCC1(O)C(C)(C)c2ccccc2C1(C)C. The Kier molecular flexibility index (Phi) is 3.09. The molecule has 0 saturated heterocycles. The van der Waals surface area contributed by atoms with Crippen LogP contribution in [0.3, 0.4) is 0 Å². The predicted octanol–water partition coefficient (Wildman–Crippen LogP) is 4.18. The summed E-state index contributed by atoms with van der Waals surface area (Å²) >= 11 is 0. The molecule has 0 amide bonds. The van der Waals surface area contributed by atoms with Crippen LogP contribution in [-0.2, 0) is 10.8 Å². The fraction of sp³-hybridized carbons (Fsp3) is 0.647. The third kappa shape index (κ3) is 1.50. The Balaban J connectivity index is 2.58. The normalized spacial score (nSPS) is 22.8. The van der Waals surface area contributed by atoms with Crippen molar-refractivity contribution in [2.75, 3.05) is 0 Å². The molecular formula is C17H26O. The van der Waals surface area contributed by atoms with E-state index in [1.54, 1.807) is 0 Å². The molecule has 1 N–H and O–H groups in total. The molecule has 1 aromatic carbocycles. The van der Waals surface area contributed by atoms with Crippen LogP contribution in [0.2, 0.25) is 0 Å². The number of hydrogen-bond acceptors (Lipinski definition) is 1. The fourth-order valence-electron chi connectivity index (χ4n) is 3.86. The molecule has 1 aliphatic carbocycles. The van der Waals surface area contributed by atoms with Crippen LogP contribution in [0.1, 0.15) is 65.0 Å². The molecule has 0 saturated carbocycles. The number of unbranched alkanes of at least 4 members (excludes halogenated alkanes) is 1. The Labute approximate surface area is 111 Å². The first-order valence-corrected chi connectivity index (χ1v) is 7.11. The standard InChI is InChI=1S/C17H26O/c1-6-7-12-17(18)15(2,3)13-10-8-9-11-14(13)16(17,4)5/h8-11,18H,6-7,12H2,1-5H3. The van der Waals surface area contributed by atoms with Crippen LogP contribution in [0.4, 0.5) is 0 Å². The lowest BCUT2D eigenvalue weighted by atomic mass is 9.63. The maximum atomic E-state index is 11.4. The Bertz CT molecular complexity index is 408. The van der Waals surface area contributed by atoms with E-state index in [0.29, 0.717) is 0 Å². The predicted molar refractivity (Wildman–Crippen MR) is 77.0 cm³/mol. The van der Waals surface area contributed by atoms with Crippen LogP contribution in [0.15, 0.2) is 24.3 Å². The first-order chi connectivity index (χ1) is 8.29. The summed E-state index contributed by atoms with van der Waals surface area (Å²) in [6.07, 6.45) is 3.08. The highest BCUT2D eigenvalue weighted by Crippen LogP contribution is 2.58. The van der Waals surface area contributed by atoms with Gasteiger partial charge >= 0.3 is 0 Å². The average molecular weight is 246 g/mol. The van der Waals surface area contributed by atoms with E-state index in [-0.39, 0.29) is 10.8 Å². The van der Waals surface area contributed by atoms with Crippen LogP contribution >= 0.6 is 0 Å². The first kappa shape index (κ1) is 13.6. The molecule has 0 aromatic heterocycles. The number of aliphatic hydroxyl groups is 1. The second-order valence-corrected chi connectivity index (χ2v) is 6.76. The molecule has 1 aliphatic rings. The monoisotopic (exact) mass is 246 g/mol. The molecule has 0 aliphatic heterocycles. The van der Waals surface area contributed by atoms with E-state index in [9.17, 15) is 5.11 Å². The molecule has 0 radical (unpaired) electrons. The van der Waals surface area contributed by atoms with E-state index in [0.717, 1.165) is 19.3 Å². The second-order valence-electron chi connectivity index (χ2n) is 6.76. The molecule has 0 bridgehead atoms. The van der Waals surface area contributed by atoms with Crippen molar-refractivity contribution in [2.24, 2.45) is 0 Å². The molecule has 0 spiro atoms. The van der Waals surface area contributed by atoms with Crippen LogP contribution in [-0.4, -0.2) is 10.7 Å². The van der Waals surface area contributed by atoms with Crippen LogP contribution < -0.4 is 0 Å². The van der Waals surface area contributed by atoms with Gasteiger partial charge in [-0.05, 0) is 17.5 Å².